The van der Waals surface area contributed by atoms with E-state index in [2.05, 4.69) is 56.6 Å². The Kier molecular flexibility index (Phi) is 4.05. The first-order chi connectivity index (χ1) is 9.02. The van der Waals surface area contributed by atoms with Gasteiger partial charge >= 0.3 is 0 Å². The highest BCUT2D eigenvalue weighted by Crippen LogP contribution is 2.23. The van der Waals surface area contributed by atoms with Crippen LogP contribution in [0.4, 0.5) is 0 Å². The van der Waals surface area contributed by atoms with Crippen molar-refractivity contribution in [2.75, 3.05) is 6.54 Å². The lowest BCUT2D eigenvalue weighted by atomic mass is 10.1. The summed E-state index contributed by atoms with van der Waals surface area (Å²) in [5.74, 6) is 0.443. The summed E-state index contributed by atoms with van der Waals surface area (Å²) in [6.45, 7) is 9.28. The molecule has 0 aliphatic heterocycles. The van der Waals surface area contributed by atoms with E-state index in [9.17, 15) is 0 Å². The van der Waals surface area contributed by atoms with E-state index >= 15 is 0 Å². The number of aryl methyl sites for hydroxylation is 2. The highest BCUT2D eigenvalue weighted by molar-refractivity contribution is 5.44. The van der Waals surface area contributed by atoms with E-state index in [-0.39, 0.29) is 0 Å². The summed E-state index contributed by atoms with van der Waals surface area (Å²) in [7, 11) is 0. The van der Waals surface area contributed by atoms with Gasteiger partial charge in [-0.25, -0.2) is 4.68 Å². The summed E-state index contributed by atoms with van der Waals surface area (Å²) < 4.78 is 2.08. The number of hydrogen-bond acceptors (Lipinski definition) is 2. The van der Waals surface area contributed by atoms with Crippen LogP contribution in [-0.4, -0.2) is 16.3 Å². The molecule has 0 radical (unpaired) electrons. The summed E-state index contributed by atoms with van der Waals surface area (Å²) in [4.78, 5) is 0. The van der Waals surface area contributed by atoms with Crippen molar-refractivity contribution in [1.82, 2.24) is 9.78 Å². The standard InChI is InChI=1S/C16H23N3/c1-11(2)15-10-14(7-8-17)18-19(15)16-9-12(3)5-6-13(16)4/h5-6,9-11H,7-8,17H2,1-4H3. The van der Waals surface area contributed by atoms with Crippen LogP contribution in [-0.2, 0) is 6.42 Å². The minimum absolute atomic E-state index is 0.443. The topological polar surface area (TPSA) is 43.8 Å². The van der Waals surface area contributed by atoms with Gasteiger partial charge in [0.05, 0.1) is 11.4 Å². The summed E-state index contributed by atoms with van der Waals surface area (Å²) in [6, 6.07) is 8.66. The minimum Gasteiger partial charge on any atom is -0.330 e. The molecule has 2 N–H and O–H groups in total. The first-order valence-corrected chi connectivity index (χ1v) is 6.89. The van der Waals surface area contributed by atoms with Gasteiger partial charge in [0.1, 0.15) is 0 Å². The monoisotopic (exact) mass is 257 g/mol. The molecule has 0 saturated carbocycles. The van der Waals surface area contributed by atoms with Gasteiger partial charge in [0, 0.05) is 12.1 Å². The van der Waals surface area contributed by atoms with Crippen molar-refractivity contribution < 1.29 is 0 Å². The lowest BCUT2D eigenvalue weighted by molar-refractivity contribution is 0.722. The molecular formula is C16H23N3. The zero-order valence-electron chi connectivity index (χ0n) is 12.3. The Bertz CT molecular complexity index is 567. The molecule has 3 heteroatoms. The van der Waals surface area contributed by atoms with Gasteiger partial charge in [-0.15, -0.1) is 0 Å². The molecule has 1 aromatic carbocycles. The van der Waals surface area contributed by atoms with Crippen LogP contribution in [0.25, 0.3) is 5.69 Å². The smallest absolute Gasteiger partial charge is 0.0680 e. The number of aromatic nitrogens is 2. The second-order valence-corrected chi connectivity index (χ2v) is 5.46. The quantitative estimate of drug-likeness (QED) is 0.914. The van der Waals surface area contributed by atoms with Gasteiger partial charge in [0.2, 0.25) is 0 Å². The molecule has 2 rings (SSSR count). The van der Waals surface area contributed by atoms with Gasteiger partial charge < -0.3 is 5.73 Å². The highest BCUT2D eigenvalue weighted by Gasteiger charge is 2.13. The summed E-state index contributed by atoms with van der Waals surface area (Å²) in [6.07, 6.45) is 0.831. The fraction of sp³-hybridized carbons (Fsp3) is 0.438. The van der Waals surface area contributed by atoms with E-state index in [0.717, 1.165) is 12.1 Å². The lowest BCUT2D eigenvalue weighted by Crippen LogP contribution is -2.07. The largest absolute Gasteiger partial charge is 0.330 e. The Morgan fingerprint density at radius 2 is 1.95 bits per heavy atom. The molecule has 0 saturated heterocycles. The van der Waals surface area contributed by atoms with E-state index < -0.39 is 0 Å². The fourth-order valence-electron chi connectivity index (χ4n) is 2.27. The third-order valence-electron chi connectivity index (χ3n) is 3.37. The first kappa shape index (κ1) is 13.8. The van der Waals surface area contributed by atoms with Crippen LogP contribution in [0, 0.1) is 13.8 Å². The molecule has 0 aliphatic rings. The van der Waals surface area contributed by atoms with Crippen molar-refractivity contribution in [3.63, 3.8) is 0 Å². The number of nitrogens with zero attached hydrogens (tertiary/aromatic N) is 2. The van der Waals surface area contributed by atoms with Gasteiger partial charge in [-0.1, -0.05) is 26.0 Å². The molecule has 1 heterocycles. The van der Waals surface area contributed by atoms with Crippen LogP contribution < -0.4 is 5.73 Å². The highest BCUT2D eigenvalue weighted by atomic mass is 15.3. The maximum atomic E-state index is 5.64. The van der Waals surface area contributed by atoms with E-state index in [1.54, 1.807) is 0 Å². The molecule has 0 spiro atoms. The van der Waals surface area contributed by atoms with Crippen molar-refractivity contribution in [2.24, 2.45) is 5.73 Å². The summed E-state index contributed by atoms with van der Waals surface area (Å²) >= 11 is 0. The molecule has 19 heavy (non-hydrogen) atoms. The fourth-order valence-corrected chi connectivity index (χ4v) is 2.27. The van der Waals surface area contributed by atoms with E-state index in [0.29, 0.717) is 12.5 Å². The van der Waals surface area contributed by atoms with Crippen molar-refractivity contribution >= 4 is 0 Å². The van der Waals surface area contributed by atoms with Crippen molar-refractivity contribution in [3.05, 3.63) is 46.8 Å². The third-order valence-corrected chi connectivity index (χ3v) is 3.37. The molecule has 3 nitrogen and oxygen atoms in total. The van der Waals surface area contributed by atoms with Crippen LogP contribution in [0.1, 0.15) is 42.3 Å². The number of benzene rings is 1. The zero-order valence-corrected chi connectivity index (χ0v) is 12.3. The lowest BCUT2D eigenvalue weighted by Gasteiger charge is -2.13. The molecule has 102 valence electrons. The van der Waals surface area contributed by atoms with Gasteiger partial charge in [0.25, 0.3) is 0 Å². The maximum Gasteiger partial charge on any atom is 0.0680 e. The number of hydrogen-bond donors (Lipinski definition) is 1. The second kappa shape index (κ2) is 5.57. The van der Waals surface area contributed by atoms with Crippen LogP contribution in [0.2, 0.25) is 0 Å². The molecular weight excluding hydrogens is 234 g/mol. The van der Waals surface area contributed by atoms with Gasteiger partial charge in [0.15, 0.2) is 0 Å². The van der Waals surface area contributed by atoms with Crippen LogP contribution >= 0.6 is 0 Å². The Labute approximate surface area is 115 Å². The molecule has 0 fully saturated rings. The van der Waals surface area contributed by atoms with Crippen molar-refractivity contribution in [3.8, 4) is 5.69 Å². The summed E-state index contributed by atoms with van der Waals surface area (Å²) in [5.41, 5.74) is 11.6. The molecule has 2 aromatic rings. The average Bonchev–Trinajstić information content (AvgIpc) is 2.77. The molecule has 0 atom stereocenters. The third kappa shape index (κ3) is 2.87. The average molecular weight is 257 g/mol. The molecule has 0 unspecified atom stereocenters. The van der Waals surface area contributed by atoms with Crippen LogP contribution in [0.15, 0.2) is 24.3 Å². The number of nitrogens with two attached hydrogens (primary N) is 1. The van der Waals surface area contributed by atoms with Crippen LogP contribution in [0.5, 0.6) is 0 Å². The zero-order chi connectivity index (χ0) is 14.0. The van der Waals surface area contributed by atoms with Gasteiger partial charge in [-0.2, -0.15) is 5.10 Å². The predicted octanol–water partition coefficient (Wildman–Crippen LogP) is 3.11. The first-order valence-electron chi connectivity index (χ1n) is 6.89. The van der Waals surface area contributed by atoms with Gasteiger partial charge in [-0.3, -0.25) is 0 Å². The van der Waals surface area contributed by atoms with Crippen molar-refractivity contribution in [2.45, 2.75) is 40.0 Å². The number of rotatable bonds is 4. The van der Waals surface area contributed by atoms with Crippen LogP contribution in [0.3, 0.4) is 0 Å². The summed E-state index contributed by atoms with van der Waals surface area (Å²) in [5, 5.41) is 4.73. The molecule has 0 amide bonds. The van der Waals surface area contributed by atoms with Crippen molar-refractivity contribution in [1.29, 1.82) is 0 Å². The Hall–Kier alpha value is -1.61. The molecule has 0 aliphatic carbocycles. The Morgan fingerprint density at radius 3 is 2.58 bits per heavy atom. The molecule has 0 bridgehead atoms. The van der Waals surface area contributed by atoms with E-state index in [1.807, 2.05) is 0 Å². The Morgan fingerprint density at radius 1 is 1.21 bits per heavy atom. The normalized spacial score (nSPS) is 11.3. The van der Waals surface area contributed by atoms with Gasteiger partial charge in [-0.05, 0) is 49.6 Å². The second-order valence-electron chi connectivity index (χ2n) is 5.46. The Balaban J connectivity index is 2.56. The van der Waals surface area contributed by atoms with E-state index in [1.165, 1.54) is 22.5 Å². The SMILES string of the molecule is Cc1ccc(C)c(-n2nc(CCN)cc2C(C)C)c1. The predicted molar refractivity (Wildman–Crippen MR) is 79.9 cm³/mol. The van der Waals surface area contributed by atoms with E-state index in [4.69, 9.17) is 10.8 Å². The molecule has 1 aromatic heterocycles. The maximum absolute atomic E-state index is 5.64. The minimum atomic E-state index is 0.443.